The molecular formula is C17H18N2O2. The van der Waals surface area contributed by atoms with E-state index in [4.69, 9.17) is 4.74 Å². The molecule has 21 heavy (non-hydrogen) atoms. The lowest BCUT2D eigenvalue weighted by Crippen LogP contribution is -2.44. The second-order valence-electron chi connectivity index (χ2n) is 5.95. The van der Waals surface area contributed by atoms with Gasteiger partial charge in [0.2, 0.25) is 0 Å². The van der Waals surface area contributed by atoms with Crippen molar-refractivity contribution < 1.29 is 9.53 Å². The number of H-pyrrole nitrogens is 1. The van der Waals surface area contributed by atoms with Crippen LogP contribution in [-0.2, 0) is 16.0 Å². The van der Waals surface area contributed by atoms with E-state index < -0.39 is 0 Å². The largest absolute Gasteiger partial charge is 0.469 e. The summed E-state index contributed by atoms with van der Waals surface area (Å²) >= 11 is 0. The maximum absolute atomic E-state index is 11.9. The molecule has 0 amide bonds. The molecule has 108 valence electrons. The number of rotatable bonds is 1. The molecule has 0 bridgehead atoms. The predicted molar refractivity (Wildman–Crippen MR) is 81.9 cm³/mol. The van der Waals surface area contributed by atoms with Crippen molar-refractivity contribution in [2.45, 2.75) is 12.5 Å². The molecule has 4 rings (SSSR count). The zero-order chi connectivity index (χ0) is 14.6. The van der Waals surface area contributed by atoms with E-state index in [1.165, 1.54) is 34.7 Å². The van der Waals surface area contributed by atoms with Crippen molar-refractivity contribution in [3.63, 3.8) is 0 Å². The maximum Gasteiger partial charge on any atom is 0.313 e. The van der Waals surface area contributed by atoms with Gasteiger partial charge in [0.15, 0.2) is 0 Å². The Morgan fingerprint density at radius 3 is 3.10 bits per heavy atom. The summed E-state index contributed by atoms with van der Waals surface area (Å²) in [5.41, 5.74) is 5.05. The van der Waals surface area contributed by atoms with Gasteiger partial charge in [-0.3, -0.25) is 9.69 Å². The Balaban J connectivity index is 1.91. The molecule has 0 spiro atoms. The smallest absolute Gasteiger partial charge is 0.313 e. The van der Waals surface area contributed by atoms with Crippen molar-refractivity contribution in [2.75, 3.05) is 20.7 Å². The average Bonchev–Trinajstić information content (AvgIpc) is 2.92. The summed E-state index contributed by atoms with van der Waals surface area (Å²) in [5, 5.41) is 1.30. The van der Waals surface area contributed by atoms with Crippen LogP contribution in [0.25, 0.3) is 16.5 Å². The van der Waals surface area contributed by atoms with Gasteiger partial charge in [-0.15, -0.1) is 0 Å². The Morgan fingerprint density at radius 1 is 1.43 bits per heavy atom. The second-order valence-corrected chi connectivity index (χ2v) is 5.95. The molecule has 2 aliphatic rings. The van der Waals surface area contributed by atoms with E-state index in [0.717, 1.165) is 13.0 Å². The fourth-order valence-electron chi connectivity index (χ4n) is 3.75. The Morgan fingerprint density at radius 2 is 2.29 bits per heavy atom. The van der Waals surface area contributed by atoms with Crippen molar-refractivity contribution in [3.05, 3.63) is 41.6 Å². The van der Waals surface area contributed by atoms with Crippen LogP contribution >= 0.6 is 0 Å². The fourth-order valence-corrected chi connectivity index (χ4v) is 3.75. The first kappa shape index (κ1) is 12.7. The molecule has 0 fully saturated rings. The normalized spacial score (nSPS) is 24.6. The van der Waals surface area contributed by atoms with E-state index in [-0.39, 0.29) is 11.9 Å². The summed E-state index contributed by atoms with van der Waals surface area (Å²) in [6, 6.07) is 6.68. The third-order valence-corrected chi connectivity index (χ3v) is 4.77. The van der Waals surface area contributed by atoms with Crippen LogP contribution in [0.3, 0.4) is 0 Å². The van der Waals surface area contributed by atoms with Crippen LogP contribution in [-0.4, -0.2) is 42.6 Å². The molecule has 4 heteroatoms. The molecule has 1 aliphatic carbocycles. The van der Waals surface area contributed by atoms with E-state index >= 15 is 0 Å². The molecule has 2 aromatic rings. The lowest BCUT2D eigenvalue weighted by Gasteiger charge is -2.39. The molecule has 0 unspecified atom stereocenters. The summed E-state index contributed by atoms with van der Waals surface area (Å²) < 4.78 is 4.93. The highest BCUT2D eigenvalue weighted by Crippen LogP contribution is 2.40. The molecule has 0 saturated carbocycles. The molecular weight excluding hydrogens is 264 g/mol. The van der Waals surface area contributed by atoms with Gasteiger partial charge in [-0.05, 0) is 36.2 Å². The van der Waals surface area contributed by atoms with E-state index in [0.29, 0.717) is 6.04 Å². The highest BCUT2D eigenvalue weighted by Gasteiger charge is 2.35. The first-order valence-corrected chi connectivity index (χ1v) is 7.28. The van der Waals surface area contributed by atoms with E-state index in [2.05, 4.69) is 47.4 Å². The van der Waals surface area contributed by atoms with Gasteiger partial charge < -0.3 is 9.72 Å². The third kappa shape index (κ3) is 1.75. The van der Waals surface area contributed by atoms with Crippen LogP contribution in [0.1, 0.15) is 11.1 Å². The molecule has 1 aromatic heterocycles. The summed E-state index contributed by atoms with van der Waals surface area (Å²) in [6.45, 7) is 0.719. The van der Waals surface area contributed by atoms with E-state index in [1.807, 2.05) is 0 Å². The van der Waals surface area contributed by atoms with Crippen molar-refractivity contribution in [1.29, 1.82) is 0 Å². The van der Waals surface area contributed by atoms with Gasteiger partial charge in [0.1, 0.15) is 0 Å². The van der Waals surface area contributed by atoms with Crippen molar-refractivity contribution >= 4 is 22.4 Å². The first-order valence-electron chi connectivity index (χ1n) is 7.28. The number of nitrogens with one attached hydrogen (secondary N) is 1. The summed E-state index contributed by atoms with van der Waals surface area (Å²) in [6.07, 6.45) is 5.22. The van der Waals surface area contributed by atoms with Gasteiger partial charge in [-0.2, -0.15) is 0 Å². The molecule has 4 nitrogen and oxygen atoms in total. The number of likely N-dealkylation sites (N-methyl/N-ethyl adjacent to an activating group) is 1. The number of ether oxygens (including phenoxy) is 1. The second kappa shape index (κ2) is 4.46. The Kier molecular flexibility index (Phi) is 2.69. The highest BCUT2D eigenvalue weighted by molar-refractivity contribution is 5.99. The van der Waals surface area contributed by atoms with Gasteiger partial charge in [-0.25, -0.2) is 0 Å². The lowest BCUT2D eigenvalue weighted by atomic mass is 9.80. The van der Waals surface area contributed by atoms with Crippen LogP contribution in [0.5, 0.6) is 0 Å². The molecule has 0 saturated heterocycles. The van der Waals surface area contributed by atoms with Crippen LogP contribution in [0, 0.1) is 5.92 Å². The highest BCUT2D eigenvalue weighted by atomic mass is 16.5. The fraction of sp³-hybridized carbons (Fsp3) is 0.353. The SMILES string of the molecule is COC(=O)[C@@H]1C=C2c3cccc4[nH]cc(c34)C[C@@H]2N(C)C1. The third-order valence-electron chi connectivity index (χ3n) is 4.77. The minimum Gasteiger partial charge on any atom is -0.469 e. The minimum atomic E-state index is -0.179. The van der Waals surface area contributed by atoms with Gasteiger partial charge in [0.05, 0.1) is 13.0 Å². The number of methoxy groups -OCH3 is 1. The number of aromatic nitrogens is 1. The number of esters is 1. The van der Waals surface area contributed by atoms with E-state index in [1.54, 1.807) is 0 Å². The molecule has 0 radical (unpaired) electrons. The quantitative estimate of drug-likeness (QED) is 0.816. The van der Waals surface area contributed by atoms with Crippen LogP contribution < -0.4 is 0 Å². The number of carbonyl (C=O) groups is 1. The Bertz CT molecular complexity index is 759. The molecule has 1 aromatic carbocycles. The zero-order valence-corrected chi connectivity index (χ0v) is 12.2. The minimum absolute atomic E-state index is 0.153. The van der Waals surface area contributed by atoms with Crippen molar-refractivity contribution in [3.8, 4) is 0 Å². The topological polar surface area (TPSA) is 45.3 Å². The summed E-state index contributed by atoms with van der Waals surface area (Å²) in [7, 11) is 3.55. The summed E-state index contributed by atoms with van der Waals surface area (Å²) in [5.74, 6) is -0.332. The molecule has 2 atom stereocenters. The lowest BCUT2D eigenvalue weighted by molar-refractivity contribution is -0.144. The van der Waals surface area contributed by atoms with Crippen LogP contribution in [0.15, 0.2) is 30.5 Å². The average molecular weight is 282 g/mol. The number of hydrogen-bond acceptors (Lipinski definition) is 3. The van der Waals surface area contributed by atoms with Gasteiger partial charge in [0, 0.05) is 29.7 Å². The van der Waals surface area contributed by atoms with Gasteiger partial charge in [0.25, 0.3) is 0 Å². The van der Waals surface area contributed by atoms with Gasteiger partial charge >= 0.3 is 5.97 Å². The number of benzene rings is 1. The van der Waals surface area contributed by atoms with Crippen LogP contribution in [0.2, 0.25) is 0 Å². The Labute approximate surface area is 123 Å². The molecule has 1 aliphatic heterocycles. The monoisotopic (exact) mass is 282 g/mol. The maximum atomic E-state index is 11.9. The number of carbonyl (C=O) groups excluding carboxylic acids is 1. The Hall–Kier alpha value is -2.07. The molecule has 1 N–H and O–H groups in total. The number of aromatic amines is 1. The summed E-state index contributed by atoms with van der Waals surface area (Å²) in [4.78, 5) is 17.5. The van der Waals surface area contributed by atoms with Gasteiger partial charge in [-0.1, -0.05) is 18.2 Å². The van der Waals surface area contributed by atoms with Crippen LogP contribution in [0.4, 0.5) is 0 Å². The van der Waals surface area contributed by atoms with Crippen molar-refractivity contribution in [1.82, 2.24) is 9.88 Å². The first-order chi connectivity index (χ1) is 10.2. The standard InChI is InChI=1S/C17H18N2O2/c1-19-9-11(17(20)21-2)6-13-12-4-3-5-14-16(12)10(8-18-14)7-15(13)19/h3-6,8,11,15,18H,7,9H2,1-2H3/t11-,15+/m1/s1. The number of fused-ring (bicyclic) bond motifs is 2. The number of hydrogen-bond donors (Lipinski definition) is 1. The molecule has 2 heterocycles. The zero-order valence-electron chi connectivity index (χ0n) is 12.2. The van der Waals surface area contributed by atoms with Crippen molar-refractivity contribution in [2.24, 2.45) is 5.92 Å². The number of nitrogens with zero attached hydrogens (tertiary/aromatic N) is 1. The predicted octanol–water partition coefficient (Wildman–Crippen LogP) is 2.21. The van der Waals surface area contributed by atoms with E-state index in [9.17, 15) is 4.79 Å².